The fourth-order valence-corrected chi connectivity index (χ4v) is 7.68. The van der Waals surface area contributed by atoms with Crippen molar-refractivity contribution in [2.75, 3.05) is 80.2 Å². The number of nitrogens with one attached hydrogen (secondary N) is 1. The number of halogens is 2. The molecule has 0 radical (unpaired) electrons. The lowest BCUT2D eigenvalue weighted by atomic mass is 10.1. The maximum atomic E-state index is 15.9. The van der Waals surface area contributed by atoms with E-state index in [1.165, 1.54) is 31.3 Å². The zero-order valence-electron chi connectivity index (χ0n) is 37.9. The summed E-state index contributed by atoms with van der Waals surface area (Å²) in [6.07, 6.45) is -3.09. The number of nitrogens with zero attached hydrogens (tertiary/aromatic N) is 1. The van der Waals surface area contributed by atoms with E-state index < -0.39 is 60.2 Å². The molecule has 2 amide bonds. The standard InChI is InChI=1S/C45H61F2N3O16S/c1-27(22-49-38(55)11-15-61-17-18-62-16-12-48)66-41(58)10-8-39(56)50-23-28-19-34(59-2)44(43(47)32(28)24-50)63-13-4-14-64-45-35(60-3)21-36-31(42(45)46)20-37(67-36)33(54)7-9-40(57)65-26-30(53)6-5-29(52)25-51/h19-21,27,29-30,51-53H,4-18,22-26,48H2,1-3H3,(H,49,55)/t27-,29?,30?/m0/s1. The summed E-state index contributed by atoms with van der Waals surface area (Å²) in [6, 6.07) is 4.46. The van der Waals surface area contributed by atoms with Gasteiger partial charge in [0.2, 0.25) is 11.8 Å². The van der Waals surface area contributed by atoms with Gasteiger partial charge in [-0.25, -0.2) is 8.78 Å². The average Bonchev–Trinajstić information content (AvgIpc) is 3.96. The predicted octanol–water partition coefficient (Wildman–Crippen LogP) is 3.10. The predicted molar refractivity (Wildman–Crippen MR) is 237 cm³/mol. The molecular weight excluding hydrogens is 909 g/mol. The third kappa shape index (κ3) is 17.1. The zero-order chi connectivity index (χ0) is 48.9. The number of aliphatic hydroxyl groups excluding tert-OH is 3. The summed E-state index contributed by atoms with van der Waals surface area (Å²) in [5.41, 5.74) is 6.08. The van der Waals surface area contributed by atoms with Crippen molar-refractivity contribution in [3.05, 3.63) is 45.8 Å². The molecule has 2 unspecified atom stereocenters. The molecule has 0 fully saturated rings. The Hall–Kier alpha value is -5.23. The van der Waals surface area contributed by atoms with Crippen molar-refractivity contribution in [3.63, 3.8) is 0 Å². The van der Waals surface area contributed by atoms with E-state index in [4.69, 9.17) is 48.7 Å². The second kappa shape index (κ2) is 28.2. The van der Waals surface area contributed by atoms with E-state index in [0.717, 1.165) is 11.3 Å². The fraction of sp³-hybridized carbons (Fsp3) is 0.578. The van der Waals surface area contributed by atoms with Gasteiger partial charge >= 0.3 is 11.9 Å². The van der Waals surface area contributed by atoms with Crippen molar-refractivity contribution in [1.29, 1.82) is 0 Å². The van der Waals surface area contributed by atoms with E-state index in [0.29, 0.717) is 36.6 Å². The number of hydrogen-bond acceptors (Lipinski definition) is 18. The first kappa shape index (κ1) is 54.4. The Labute approximate surface area is 390 Å². The molecule has 3 atom stereocenters. The highest BCUT2D eigenvalue weighted by Gasteiger charge is 2.31. The summed E-state index contributed by atoms with van der Waals surface area (Å²) in [5, 5.41) is 30.9. The molecule has 3 aromatic rings. The molecule has 0 bridgehead atoms. The topological polar surface area (TPSA) is 261 Å². The van der Waals surface area contributed by atoms with Crippen LogP contribution in [0.15, 0.2) is 18.2 Å². The number of ketones is 1. The summed E-state index contributed by atoms with van der Waals surface area (Å²) in [5.74, 6) is -4.17. The van der Waals surface area contributed by atoms with E-state index in [9.17, 15) is 34.2 Å². The van der Waals surface area contributed by atoms with Crippen LogP contribution >= 0.6 is 11.3 Å². The van der Waals surface area contributed by atoms with Gasteiger partial charge in [0.25, 0.3) is 0 Å². The van der Waals surface area contributed by atoms with Gasteiger partial charge in [-0.2, -0.15) is 0 Å². The van der Waals surface area contributed by atoms with Crippen molar-refractivity contribution < 1.29 is 86.0 Å². The lowest BCUT2D eigenvalue weighted by Gasteiger charge is -2.17. The van der Waals surface area contributed by atoms with E-state index in [1.54, 1.807) is 13.0 Å². The number of nitrogens with two attached hydrogens (primary N) is 1. The number of carbonyl (C=O) groups excluding carboxylic acids is 5. The van der Waals surface area contributed by atoms with Crippen LogP contribution < -0.4 is 30.0 Å². The maximum Gasteiger partial charge on any atom is 0.306 e. The molecule has 6 N–H and O–H groups in total. The molecule has 1 aliphatic heterocycles. The SMILES string of the molecule is COc1cc2c(c(F)c1OCCCOc1c(OC)cc3sc(C(=O)CCC(=O)OCC(O)CCC(O)CO)cc3c1F)CN(C(=O)CCC(=O)O[C@@H](C)CNC(=O)CCOCCOCCN)C2. The Bertz CT molecular complexity index is 2120. The molecule has 0 saturated carbocycles. The first-order valence-corrected chi connectivity index (χ1v) is 22.7. The number of rotatable bonds is 32. The van der Waals surface area contributed by atoms with Crippen LogP contribution in [0.1, 0.15) is 79.1 Å². The quantitative estimate of drug-likeness (QED) is 0.0342. The van der Waals surface area contributed by atoms with Crippen LogP contribution in [0.2, 0.25) is 0 Å². The Kier molecular flexibility index (Phi) is 22.9. The van der Waals surface area contributed by atoms with Gasteiger partial charge in [-0.1, -0.05) is 0 Å². The minimum atomic E-state index is -1.05. The third-order valence-corrected chi connectivity index (χ3v) is 11.4. The third-order valence-electron chi connectivity index (χ3n) is 10.2. The number of Topliss-reactive ketones (excluding diaryl/α,β-unsaturated/α-hetero) is 1. The number of benzene rings is 2. The molecule has 4 rings (SSSR count). The number of thiophene rings is 1. The fourth-order valence-electron chi connectivity index (χ4n) is 6.62. The Morgan fingerprint density at radius 3 is 2.15 bits per heavy atom. The summed E-state index contributed by atoms with van der Waals surface area (Å²) >= 11 is 1.01. The molecular formula is C45H61F2N3O16S. The van der Waals surface area contributed by atoms with Gasteiger partial charge in [0.1, 0.15) is 12.7 Å². The summed E-state index contributed by atoms with van der Waals surface area (Å²) in [4.78, 5) is 64.3. The van der Waals surface area contributed by atoms with Gasteiger partial charge in [-0.05, 0) is 37.5 Å². The molecule has 0 saturated heterocycles. The molecule has 2 aromatic carbocycles. The first-order chi connectivity index (χ1) is 32.2. The van der Waals surface area contributed by atoms with E-state index in [1.807, 2.05) is 0 Å². The normalized spacial score (nSPS) is 13.4. The molecule has 1 aromatic heterocycles. The average molecular weight is 970 g/mol. The monoisotopic (exact) mass is 969 g/mol. The van der Waals surface area contributed by atoms with Gasteiger partial charge in [0.15, 0.2) is 40.4 Å². The largest absolute Gasteiger partial charge is 0.493 e. The summed E-state index contributed by atoms with van der Waals surface area (Å²) < 4.78 is 75.3. The zero-order valence-corrected chi connectivity index (χ0v) is 38.8. The number of carbonyl (C=O) groups is 5. The van der Waals surface area contributed by atoms with Crippen LogP contribution in [-0.2, 0) is 51.2 Å². The minimum Gasteiger partial charge on any atom is -0.493 e. The number of amides is 2. The van der Waals surface area contributed by atoms with Crippen LogP contribution in [-0.4, -0.2) is 148 Å². The second-order valence-electron chi connectivity index (χ2n) is 15.4. The lowest BCUT2D eigenvalue weighted by Crippen LogP contribution is -2.34. The van der Waals surface area contributed by atoms with Gasteiger partial charge < -0.3 is 69.2 Å². The number of esters is 2. The minimum absolute atomic E-state index is 0.0674. The summed E-state index contributed by atoms with van der Waals surface area (Å²) in [7, 11) is 2.67. The lowest BCUT2D eigenvalue weighted by molar-refractivity contribution is -0.150. The van der Waals surface area contributed by atoms with Gasteiger partial charge in [-0.15, -0.1) is 11.3 Å². The molecule has 67 heavy (non-hydrogen) atoms. The summed E-state index contributed by atoms with van der Waals surface area (Å²) in [6.45, 7) is 2.51. The van der Waals surface area contributed by atoms with Gasteiger partial charge in [-0.3, -0.25) is 24.0 Å². The molecule has 19 nitrogen and oxygen atoms in total. The van der Waals surface area contributed by atoms with E-state index in [-0.39, 0.29) is 142 Å². The van der Waals surface area contributed by atoms with Crippen LogP contribution in [0.25, 0.3) is 10.1 Å². The van der Waals surface area contributed by atoms with Crippen LogP contribution in [0, 0.1) is 11.6 Å². The smallest absolute Gasteiger partial charge is 0.306 e. The Balaban J connectivity index is 1.21. The van der Waals surface area contributed by atoms with E-state index in [2.05, 4.69) is 5.32 Å². The number of methoxy groups -OCH3 is 2. The van der Waals surface area contributed by atoms with Gasteiger partial charge in [0, 0.05) is 67.0 Å². The van der Waals surface area contributed by atoms with Crippen molar-refractivity contribution >= 4 is 51.0 Å². The molecule has 0 aliphatic carbocycles. The first-order valence-electron chi connectivity index (χ1n) is 21.9. The highest BCUT2D eigenvalue weighted by atomic mass is 32.1. The highest BCUT2D eigenvalue weighted by molar-refractivity contribution is 7.20. The van der Waals surface area contributed by atoms with Crippen molar-refractivity contribution in [3.8, 4) is 23.0 Å². The maximum absolute atomic E-state index is 15.9. The van der Waals surface area contributed by atoms with Crippen LogP contribution in [0.3, 0.4) is 0 Å². The van der Waals surface area contributed by atoms with E-state index >= 15 is 8.78 Å². The number of fused-ring (bicyclic) bond motifs is 2. The van der Waals surface area contributed by atoms with Crippen molar-refractivity contribution in [2.24, 2.45) is 5.73 Å². The molecule has 22 heteroatoms. The Morgan fingerprint density at radius 2 is 1.46 bits per heavy atom. The number of ether oxygens (including phenoxy) is 8. The van der Waals surface area contributed by atoms with Crippen LogP contribution in [0.4, 0.5) is 8.78 Å². The number of hydrogen-bond donors (Lipinski definition) is 5. The molecule has 2 heterocycles. The highest BCUT2D eigenvalue weighted by Crippen LogP contribution is 2.41. The second-order valence-corrected chi connectivity index (χ2v) is 16.5. The Morgan fingerprint density at radius 1 is 0.806 bits per heavy atom. The molecule has 372 valence electrons. The van der Waals surface area contributed by atoms with Gasteiger partial charge in [0.05, 0.1) is 96.9 Å². The molecule has 1 aliphatic rings. The van der Waals surface area contributed by atoms with Crippen molar-refractivity contribution in [2.45, 2.75) is 89.7 Å². The molecule has 0 spiro atoms. The number of aliphatic hydroxyl groups is 3. The van der Waals surface area contributed by atoms with Crippen molar-refractivity contribution in [1.82, 2.24) is 10.2 Å². The van der Waals surface area contributed by atoms with Crippen LogP contribution in [0.5, 0.6) is 23.0 Å².